The summed E-state index contributed by atoms with van der Waals surface area (Å²) < 4.78 is 19.0. The van der Waals surface area contributed by atoms with Gasteiger partial charge in [-0.15, -0.1) is 0 Å². The van der Waals surface area contributed by atoms with Crippen LogP contribution in [0.25, 0.3) is 6.08 Å². The predicted octanol–water partition coefficient (Wildman–Crippen LogP) is 3.86. The van der Waals surface area contributed by atoms with Gasteiger partial charge in [-0.2, -0.15) is 0 Å². The summed E-state index contributed by atoms with van der Waals surface area (Å²) in [6, 6.07) is 5.18. The Morgan fingerprint density at radius 2 is 2.21 bits per heavy atom. The lowest BCUT2D eigenvalue weighted by atomic mass is 10.00. The Kier molecular flexibility index (Phi) is 7.28. The van der Waals surface area contributed by atoms with Gasteiger partial charge in [-0.05, 0) is 39.5 Å². The van der Waals surface area contributed by atoms with E-state index in [2.05, 4.69) is 35.1 Å². The van der Waals surface area contributed by atoms with E-state index in [1.807, 2.05) is 12.1 Å². The third-order valence-corrected chi connectivity index (χ3v) is 3.49. The van der Waals surface area contributed by atoms with Crippen molar-refractivity contribution in [1.82, 2.24) is 5.32 Å². The van der Waals surface area contributed by atoms with Crippen molar-refractivity contribution in [3.63, 3.8) is 0 Å². The molecular formula is C15H21BrFNO. The molecule has 0 aliphatic rings. The highest BCUT2D eigenvalue weighted by Gasteiger charge is 2.05. The summed E-state index contributed by atoms with van der Waals surface area (Å²) in [6.45, 7) is 6.57. The van der Waals surface area contributed by atoms with Crippen LogP contribution < -0.4 is 5.32 Å². The first kappa shape index (κ1) is 16.3. The normalized spacial score (nSPS) is 12.2. The Labute approximate surface area is 123 Å². The van der Waals surface area contributed by atoms with E-state index >= 15 is 0 Å². The second-order valence-electron chi connectivity index (χ2n) is 4.72. The van der Waals surface area contributed by atoms with Crippen molar-refractivity contribution in [2.75, 3.05) is 26.8 Å². The molecule has 4 heteroatoms. The lowest BCUT2D eigenvalue weighted by Gasteiger charge is -2.13. The van der Waals surface area contributed by atoms with E-state index in [0.717, 1.165) is 18.7 Å². The number of hydrogen-bond acceptors (Lipinski definition) is 2. The first-order valence-electron chi connectivity index (χ1n) is 6.39. The Hall–Kier alpha value is -0.710. The molecular weight excluding hydrogens is 309 g/mol. The highest BCUT2D eigenvalue weighted by Crippen LogP contribution is 2.20. The minimum absolute atomic E-state index is 0.232. The molecule has 0 aliphatic heterocycles. The molecule has 0 radical (unpaired) electrons. The van der Waals surface area contributed by atoms with E-state index in [1.165, 1.54) is 5.57 Å². The van der Waals surface area contributed by atoms with Crippen LogP contribution in [0.3, 0.4) is 0 Å². The molecule has 0 spiro atoms. The quantitative estimate of drug-likeness (QED) is 0.767. The van der Waals surface area contributed by atoms with Gasteiger partial charge in [-0.3, -0.25) is 0 Å². The van der Waals surface area contributed by atoms with E-state index in [0.29, 0.717) is 17.0 Å². The number of rotatable bonds is 7. The van der Waals surface area contributed by atoms with Gasteiger partial charge in [0.2, 0.25) is 0 Å². The lowest BCUT2D eigenvalue weighted by molar-refractivity contribution is 0.200. The van der Waals surface area contributed by atoms with Crippen LogP contribution in [-0.4, -0.2) is 26.8 Å². The fourth-order valence-corrected chi connectivity index (χ4v) is 1.89. The molecule has 2 nitrogen and oxygen atoms in total. The van der Waals surface area contributed by atoms with Crippen molar-refractivity contribution in [3.05, 3.63) is 39.6 Å². The van der Waals surface area contributed by atoms with E-state index in [-0.39, 0.29) is 5.82 Å². The molecule has 0 fully saturated rings. The summed E-state index contributed by atoms with van der Waals surface area (Å²) in [6.07, 6.45) is 2.04. The maximum absolute atomic E-state index is 13.5. The van der Waals surface area contributed by atoms with Crippen LogP contribution in [0.5, 0.6) is 0 Å². The standard InChI is InChI=1S/C15H21BrFNO/c1-11(2)13(10-18-6-7-19-3)8-12-4-5-14(16)15(17)9-12/h4-5,8-9,11,18H,6-7,10H2,1-3H3/b13-8-. The highest BCUT2D eigenvalue weighted by atomic mass is 79.9. The fraction of sp³-hybridized carbons (Fsp3) is 0.467. The smallest absolute Gasteiger partial charge is 0.137 e. The zero-order valence-electron chi connectivity index (χ0n) is 11.7. The van der Waals surface area contributed by atoms with Crippen LogP contribution in [-0.2, 0) is 4.74 Å². The zero-order chi connectivity index (χ0) is 14.3. The number of halogens is 2. The maximum Gasteiger partial charge on any atom is 0.137 e. The largest absolute Gasteiger partial charge is 0.383 e. The van der Waals surface area contributed by atoms with Gasteiger partial charge in [0.25, 0.3) is 0 Å². The SMILES string of the molecule is COCCNC/C(=C/c1ccc(Br)c(F)c1)C(C)C. The molecule has 0 unspecified atom stereocenters. The summed E-state index contributed by atoms with van der Waals surface area (Å²) in [4.78, 5) is 0. The lowest BCUT2D eigenvalue weighted by Crippen LogP contribution is -2.23. The Morgan fingerprint density at radius 3 is 2.79 bits per heavy atom. The number of nitrogens with one attached hydrogen (secondary N) is 1. The van der Waals surface area contributed by atoms with Crippen LogP contribution in [0.15, 0.2) is 28.2 Å². The van der Waals surface area contributed by atoms with Gasteiger partial charge in [-0.1, -0.05) is 31.6 Å². The molecule has 106 valence electrons. The summed E-state index contributed by atoms with van der Waals surface area (Å²) in [5.74, 6) is 0.186. The number of benzene rings is 1. The van der Waals surface area contributed by atoms with Gasteiger partial charge < -0.3 is 10.1 Å². The van der Waals surface area contributed by atoms with Gasteiger partial charge in [-0.25, -0.2) is 4.39 Å². The van der Waals surface area contributed by atoms with Crippen molar-refractivity contribution in [2.24, 2.45) is 5.92 Å². The van der Waals surface area contributed by atoms with E-state index in [4.69, 9.17) is 4.74 Å². The fourth-order valence-electron chi connectivity index (χ4n) is 1.65. The Bertz CT molecular complexity index is 432. The summed E-state index contributed by atoms with van der Waals surface area (Å²) in [5, 5.41) is 3.32. The van der Waals surface area contributed by atoms with Crippen molar-refractivity contribution in [1.29, 1.82) is 0 Å². The van der Waals surface area contributed by atoms with Crippen LogP contribution in [0.2, 0.25) is 0 Å². The third-order valence-electron chi connectivity index (χ3n) is 2.85. The number of hydrogen-bond donors (Lipinski definition) is 1. The van der Waals surface area contributed by atoms with Crippen molar-refractivity contribution < 1.29 is 9.13 Å². The van der Waals surface area contributed by atoms with Gasteiger partial charge >= 0.3 is 0 Å². The van der Waals surface area contributed by atoms with Gasteiger partial charge in [0.05, 0.1) is 11.1 Å². The molecule has 0 amide bonds. The van der Waals surface area contributed by atoms with E-state index < -0.39 is 0 Å². The topological polar surface area (TPSA) is 21.3 Å². The van der Waals surface area contributed by atoms with Crippen molar-refractivity contribution in [2.45, 2.75) is 13.8 Å². The summed E-state index contributed by atoms with van der Waals surface area (Å²) in [7, 11) is 1.69. The van der Waals surface area contributed by atoms with Crippen LogP contribution in [0, 0.1) is 11.7 Å². The molecule has 1 aromatic carbocycles. The van der Waals surface area contributed by atoms with Gasteiger partial charge in [0.15, 0.2) is 0 Å². The van der Waals surface area contributed by atoms with Crippen molar-refractivity contribution >= 4 is 22.0 Å². The minimum Gasteiger partial charge on any atom is -0.383 e. The molecule has 0 saturated heterocycles. The van der Waals surface area contributed by atoms with Crippen LogP contribution in [0.4, 0.5) is 4.39 Å². The first-order chi connectivity index (χ1) is 9.04. The first-order valence-corrected chi connectivity index (χ1v) is 7.19. The van der Waals surface area contributed by atoms with Crippen molar-refractivity contribution in [3.8, 4) is 0 Å². The molecule has 0 saturated carbocycles. The molecule has 0 aliphatic carbocycles. The Balaban J connectivity index is 2.73. The molecule has 0 aromatic heterocycles. The summed E-state index contributed by atoms with van der Waals surface area (Å²) >= 11 is 3.16. The number of ether oxygens (including phenoxy) is 1. The van der Waals surface area contributed by atoms with Gasteiger partial charge in [0.1, 0.15) is 5.82 Å². The molecule has 0 atom stereocenters. The minimum atomic E-state index is -0.232. The van der Waals surface area contributed by atoms with Crippen LogP contribution >= 0.6 is 15.9 Å². The molecule has 0 bridgehead atoms. The maximum atomic E-state index is 13.5. The monoisotopic (exact) mass is 329 g/mol. The second kappa shape index (κ2) is 8.46. The molecule has 1 rings (SSSR count). The Morgan fingerprint density at radius 1 is 1.47 bits per heavy atom. The van der Waals surface area contributed by atoms with E-state index in [9.17, 15) is 4.39 Å². The second-order valence-corrected chi connectivity index (χ2v) is 5.57. The van der Waals surface area contributed by atoms with Crippen LogP contribution in [0.1, 0.15) is 19.4 Å². The average Bonchev–Trinajstić information content (AvgIpc) is 2.37. The molecule has 1 aromatic rings. The molecule has 19 heavy (non-hydrogen) atoms. The number of methoxy groups -OCH3 is 1. The average molecular weight is 330 g/mol. The molecule has 1 N–H and O–H groups in total. The third kappa shape index (κ3) is 5.85. The zero-order valence-corrected chi connectivity index (χ0v) is 13.3. The van der Waals surface area contributed by atoms with Gasteiger partial charge in [0, 0.05) is 20.2 Å². The molecule has 0 heterocycles. The predicted molar refractivity (Wildman–Crippen MR) is 81.7 cm³/mol. The van der Waals surface area contributed by atoms with E-state index in [1.54, 1.807) is 19.2 Å². The highest BCUT2D eigenvalue weighted by molar-refractivity contribution is 9.10. The summed E-state index contributed by atoms with van der Waals surface area (Å²) in [5.41, 5.74) is 2.13.